The van der Waals surface area contributed by atoms with E-state index in [9.17, 15) is 0 Å². The third-order valence-electron chi connectivity index (χ3n) is 11.7. The van der Waals surface area contributed by atoms with Gasteiger partial charge in [0.25, 0.3) is 0 Å². The summed E-state index contributed by atoms with van der Waals surface area (Å²) in [6.45, 7) is 6.87. The molecule has 9 aromatic carbocycles. The number of aromatic nitrogens is 1. The first-order valence-corrected chi connectivity index (χ1v) is 20.3. The second-order valence-corrected chi connectivity index (χ2v) is 15.6. The maximum absolute atomic E-state index is 2.49. The third-order valence-corrected chi connectivity index (χ3v) is 11.7. The fourth-order valence-corrected chi connectivity index (χ4v) is 8.86. The van der Waals surface area contributed by atoms with Crippen LogP contribution >= 0.6 is 0 Å². The molecule has 0 aliphatic carbocycles. The van der Waals surface area contributed by atoms with Crippen molar-refractivity contribution in [3.05, 3.63) is 217 Å². The number of aryl methyl sites for hydroxylation is 1. The van der Waals surface area contributed by atoms with Crippen molar-refractivity contribution in [1.82, 2.24) is 4.57 Å². The highest BCUT2D eigenvalue weighted by molar-refractivity contribution is 6.25. The summed E-state index contributed by atoms with van der Waals surface area (Å²) in [7, 11) is 0. The van der Waals surface area contributed by atoms with Crippen LogP contribution in [0.2, 0.25) is 0 Å². The lowest BCUT2D eigenvalue weighted by Crippen LogP contribution is -2.11. The molecule has 0 aliphatic rings. The zero-order valence-corrected chi connectivity index (χ0v) is 33.1. The van der Waals surface area contributed by atoms with E-state index in [1.807, 2.05) is 0 Å². The zero-order chi connectivity index (χ0) is 39.2. The summed E-state index contributed by atoms with van der Waals surface area (Å²) in [4.78, 5) is 2.45. The number of hydrogen-bond donors (Lipinski definition) is 0. The highest BCUT2D eigenvalue weighted by atomic mass is 15.1. The van der Waals surface area contributed by atoms with Gasteiger partial charge in [0.05, 0.1) is 16.7 Å². The van der Waals surface area contributed by atoms with Crippen molar-refractivity contribution in [3.8, 4) is 39.1 Å². The van der Waals surface area contributed by atoms with Crippen molar-refractivity contribution < 1.29 is 0 Å². The molecule has 1 heterocycles. The molecule has 0 fully saturated rings. The predicted octanol–water partition coefficient (Wildman–Crippen LogP) is 15.8. The largest absolute Gasteiger partial charge is 0.310 e. The maximum atomic E-state index is 2.49. The lowest BCUT2D eigenvalue weighted by Gasteiger charge is -2.28. The van der Waals surface area contributed by atoms with Crippen LogP contribution in [0.5, 0.6) is 0 Å². The standard InChI is InChI=1S/C56H44N2/c1-38(2)51-36-52-53(34-39(51)3)58(47-32-28-44(29-33-47)41-18-9-5-10-19-41)55-37-54(49-24-13-14-25-50(49)56(52)55)57(46-30-26-43(27-31-46)40-16-7-4-8-17-40)48-23-15-22-45(35-48)42-20-11-6-12-21-42/h4-38H,1-3H3. The van der Waals surface area contributed by atoms with E-state index in [-0.39, 0.29) is 0 Å². The summed E-state index contributed by atoms with van der Waals surface area (Å²) in [5.41, 5.74) is 16.8. The Hall–Kier alpha value is -7.16. The van der Waals surface area contributed by atoms with E-state index < -0.39 is 0 Å². The Morgan fingerprint density at radius 2 is 0.914 bits per heavy atom. The van der Waals surface area contributed by atoms with Crippen LogP contribution in [0.1, 0.15) is 30.9 Å². The van der Waals surface area contributed by atoms with Crippen LogP contribution in [0.4, 0.5) is 17.1 Å². The van der Waals surface area contributed by atoms with Gasteiger partial charge in [-0.1, -0.05) is 166 Å². The average Bonchev–Trinajstić information content (AvgIpc) is 3.60. The monoisotopic (exact) mass is 744 g/mol. The second-order valence-electron chi connectivity index (χ2n) is 15.6. The number of fused-ring (bicyclic) bond motifs is 5. The molecule has 0 amide bonds. The zero-order valence-electron chi connectivity index (χ0n) is 33.1. The molecule has 10 rings (SSSR count). The minimum atomic E-state index is 0.407. The molecule has 58 heavy (non-hydrogen) atoms. The number of benzene rings is 9. The van der Waals surface area contributed by atoms with Crippen molar-refractivity contribution in [2.24, 2.45) is 0 Å². The Balaban J connectivity index is 1.26. The molecular weight excluding hydrogens is 701 g/mol. The van der Waals surface area contributed by atoms with Gasteiger partial charge in [0.15, 0.2) is 0 Å². The minimum Gasteiger partial charge on any atom is -0.310 e. The molecule has 0 bridgehead atoms. The van der Waals surface area contributed by atoms with Crippen LogP contribution in [0.3, 0.4) is 0 Å². The highest BCUT2D eigenvalue weighted by Crippen LogP contribution is 2.47. The molecule has 0 saturated carbocycles. The van der Waals surface area contributed by atoms with Crippen LogP contribution in [-0.2, 0) is 0 Å². The van der Waals surface area contributed by atoms with Crippen molar-refractivity contribution in [3.63, 3.8) is 0 Å². The number of anilines is 3. The van der Waals surface area contributed by atoms with E-state index in [4.69, 9.17) is 0 Å². The molecule has 0 radical (unpaired) electrons. The Labute approximate surface area is 340 Å². The molecule has 2 nitrogen and oxygen atoms in total. The van der Waals surface area contributed by atoms with Gasteiger partial charge in [0, 0.05) is 33.2 Å². The molecule has 10 aromatic rings. The first kappa shape index (κ1) is 35.3. The Kier molecular flexibility index (Phi) is 8.96. The van der Waals surface area contributed by atoms with E-state index in [0.29, 0.717) is 5.92 Å². The number of rotatable bonds is 8. The first-order chi connectivity index (χ1) is 28.5. The van der Waals surface area contributed by atoms with Gasteiger partial charge >= 0.3 is 0 Å². The Morgan fingerprint density at radius 1 is 0.397 bits per heavy atom. The molecule has 278 valence electrons. The fraction of sp³-hybridized carbons (Fsp3) is 0.0714. The van der Waals surface area contributed by atoms with Gasteiger partial charge in [-0.15, -0.1) is 0 Å². The van der Waals surface area contributed by atoms with Gasteiger partial charge in [-0.25, -0.2) is 0 Å². The van der Waals surface area contributed by atoms with Crippen molar-refractivity contribution in [2.75, 3.05) is 4.90 Å². The van der Waals surface area contributed by atoms with E-state index in [1.165, 1.54) is 77.1 Å². The molecule has 0 atom stereocenters. The van der Waals surface area contributed by atoms with E-state index >= 15 is 0 Å². The lowest BCUT2D eigenvalue weighted by molar-refractivity contribution is 0.858. The van der Waals surface area contributed by atoms with Gasteiger partial charge in [0.2, 0.25) is 0 Å². The van der Waals surface area contributed by atoms with Crippen molar-refractivity contribution in [2.45, 2.75) is 26.7 Å². The number of hydrogen-bond acceptors (Lipinski definition) is 1. The topological polar surface area (TPSA) is 8.17 Å². The molecule has 1 aromatic heterocycles. The molecule has 0 spiro atoms. The van der Waals surface area contributed by atoms with Crippen LogP contribution in [0.25, 0.3) is 71.6 Å². The van der Waals surface area contributed by atoms with E-state index in [0.717, 1.165) is 22.7 Å². The molecule has 0 unspecified atom stereocenters. The van der Waals surface area contributed by atoms with E-state index in [1.54, 1.807) is 0 Å². The smallest absolute Gasteiger partial charge is 0.0568 e. The fourth-order valence-electron chi connectivity index (χ4n) is 8.86. The summed E-state index contributed by atoms with van der Waals surface area (Å²) in [5.74, 6) is 0.407. The normalized spacial score (nSPS) is 11.5. The molecular formula is C56H44N2. The Bertz CT molecular complexity index is 3050. The average molecular weight is 745 g/mol. The van der Waals surface area contributed by atoms with Gasteiger partial charge in [-0.3, -0.25) is 0 Å². The molecule has 2 heteroatoms. The summed E-state index contributed by atoms with van der Waals surface area (Å²) in [6, 6.07) is 75.3. The second kappa shape index (κ2) is 14.7. The molecule has 0 N–H and O–H groups in total. The minimum absolute atomic E-state index is 0.407. The van der Waals surface area contributed by atoms with Gasteiger partial charge < -0.3 is 9.47 Å². The van der Waals surface area contributed by atoms with Crippen molar-refractivity contribution in [1.29, 1.82) is 0 Å². The lowest BCUT2D eigenvalue weighted by atomic mass is 9.94. The van der Waals surface area contributed by atoms with Crippen LogP contribution in [-0.4, -0.2) is 4.57 Å². The first-order valence-electron chi connectivity index (χ1n) is 20.3. The van der Waals surface area contributed by atoms with Gasteiger partial charge in [0.1, 0.15) is 0 Å². The van der Waals surface area contributed by atoms with Gasteiger partial charge in [-0.2, -0.15) is 0 Å². The highest BCUT2D eigenvalue weighted by Gasteiger charge is 2.23. The molecule has 0 aliphatic heterocycles. The van der Waals surface area contributed by atoms with Crippen LogP contribution < -0.4 is 4.90 Å². The van der Waals surface area contributed by atoms with Crippen LogP contribution in [0, 0.1) is 6.92 Å². The number of nitrogens with zero attached hydrogens (tertiary/aromatic N) is 2. The Morgan fingerprint density at radius 3 is 1.52 bits per heavy atom. The summed E-state index contributed by atoms with van der Waals surface area (Å²) < 4.78 is 2.49. The molecule has 0 saturated heterocycles. The SMILES string of the molecule is Cc1cc2c(cc1C(C)C)c1c3ccccc3c(N(c3ccc(-c4ccccc4)cc3)c3cccc(-c4ccccc4)c3)cc1n2-c1ccc(-c2ccccc2)cc1. The predicted molar refractivity (Wildman–Crippen MR) is 248 cm³/mol. The quantitative estimate of drug-likeness (QED) is 0.150. The summed E-state index contributed by atoms with van der Waals surface area (Å²) >= 11 is 0. The van der Waals surface area contributed by atoms with Crippen LogP contribution in [0.15, 0.2) is 206 Å². The summed E-state index contributed by atoms with van der Waals surface area (Å²) in [6.07, 6.45) is 0. The van der Waals surface area contributed by atoms with Crippen molar-refractivity contribution >= 4 is 49.6 Å². The third kappa shape index (κ3) is 6.24. The van der Waals surface area contributed by atoms with Gasteiger partial charge in [-0.05, 0) is 117 Å². The summed E-state index contributed by atoms with van der Waals surface area (Å²) in [5, 5.41) is 5.01. The maximum Gasteiger partial charge on any atom is 0.0568 e. The van der Waals surface area contributed by atoms with E-state index in [2.05, 4.69) is 236 Å².